The van der Waals surface area contributed by atoms with Gasteiger partial charge in [0.25, 0.3) is 0 Å². The first-order chi connectivity index (χ1) is 6.49. The number of hydrogen-bond acceptors (Lipinski definition) is 3. The van der Waals surface area contributed by atoms with Crippen LogP contribution in [0.3, 0.4) is 0 Å². The Balaban J connectivity index is 2.41. The highest BCUT2D eigenvalue weighted by atomic mass is 32.2. The van der Waals surface area contributed by atoms with Crippen molar-refractivity contribution < 1.29 is 8.42 Å². The molecule has 0 spiro atoms. The Morgan fingerprint density at radius 2 is 2.07 bits per heavy atom. The molecule has 1 N–H and O–H groups in total. The Morgan fingerprint density at radius 3 is 2.57 bits per heavy atom. The predicted octanol–water partition coefficient (Wildman–Crippen LogP) is 1.20. The predicted molar refractivity (Wildman–Crippen MR) is 59.1 cm³/mol. The highest BCUT2D eigenvalue weighted by Crippen LogP contribution is 2.11. The van der Waals surface area contributed by atoms with Crippen LogP contribution in [0.15, 0.2) is 0 Å². The third kappa shape index (κ3) is 4.42. The van der Waals surface area contributed by atoms with E-state index < -0.39 is 9.84 Å². The van der Waals surface area contributed by atoms with Gasteiger partial charge in [0.2, 0.25) is 0 Å². The SMILES string of the molecule is CC(C)CS(=O)(=O)C[C@@H]1CCCCN1. The zero-order valence-corrected chi connectivity index (χ0v) is 9.94. The van der Waals surface area contributed by atoms with Gasteiger partial charge in [-0.25, -0.2) is 8.42 Å². The second-order valence-corrected chi connectivity index (χ2v) is 6.77. The van der Waals surface area contributed by atoms with Gasteiger partial charge in [-0.1, -0.05) is 20.3 Å². The Bertz CT molecular complexity index is 253. The van der Waals surface area contributed by atoms with Crippen molar-refractivity contribution in [3.05, 3.63) is 0 Å². The monoisotopic (exact) mass is 219 g/mol. The third-order valence-electron chi connectivity index (χ3n) is 2.45. The molecule has 4 heteroatoms. The summed E-state index contributed by atoms with van der Waals surface area (Å²) in [5.41, 5.74) is 0. The van der Waals surface area contributed by atoms with Crippen molar-refractivity contribution in [2.24, 2.45) is 5.92 Å². The van der Waals surface area contributed by atoms with Gasteiger partial charge in [0.1, 0.15) is 0 Å². The highest BCUT2D eigenvalue weighted by molar-refractivity contribution is 7.91. The van der Waals surface area contributed by atoms with Crippen molar-refractivity contribution in [3.63, 3.8) is 0 Å². The van der Waals surface area contributed by atoms with Gasteiger partial charge in [-0.05, 0) is 25.3 Å². The summed E-state index contributed by atoms with van der Waals surface area (Å²) in [4.78, 5) is 0. The average molecular weight is 219 g/mol. The summed E-state index contributed by atoms with van der Waals surface area (Å²) in [5, 5.41) is 3.27. The van der Waals surface area contributed by atoms with Gasteiger partial charge in [0.15, 0.2) is 9.84 Å². The van der Waals surface area contributed by atoms with Gasteiger partial charge in [-0.3, -0.25) is 0 Å². The molecule has 0 aromatic rings. The first-order valence-electron chi connectivity index (χ1n) is 5.43. The van der Waals surface area contributed by atoms with E-state index in [-0.39, 0.29) is 12.0 Å². The molecule has 0 radical (unpaired) electrons. The summed E-state index contributed by atoms with van der Waals surface area (Å²) in [6, 6.07) is 0.201. The van der Waals surface area contributed by atoms with Crippen LogP contribution >= 0.6 is 0 Å². The fourth-order valence-corrected chi connectivity index (χ4v) is 4.00. The van der Waals surface area contributed by atoms with Gasteiger partial charge < -0.3 is 5.32 Å². The fraction of sp³-hybridized carbons (Fsp3) is 1.00. The lowest BCUT2D eigenvalue weighted by Crippen LogP contribution is -2.40. The molecule has 14 heavy (non-hydrogen) atoms. The Labute approximate surface area is 87.2 Å². The summed E-state index contributed by atoms with van der Waals surface area (Å²) in [6.07, 6.45) is 3.35. The van der Waals surface area contributed by atoms with E-state index in [0.717, 1.165) is 19.4 Å². The minimum atomic E-state index is -2.84. The van der Waals surface area contributed by atoms with E-state index in [1.165, 1.54) is 6.42 Å². The third-order valence-corrected chi connectivity index (χ3v) is 4.54. The molecular weight excluding hydrogens is 198 g/mol. The average Bonchev–Trinajstić information content (AvgIpc) is 2.02. The van der Waals surface area contributed by atoms with Crippen LogP contribution in [0.5, 0.6) is 0 Å². The number of hydrogen-bond donors (Lipinski definition) is 1. The van der Waals surface area contributed by atoms with Gasteiger partial charge in [0.05, 0.1) is 11.5 Å². The van der Waals surface area contributed by atoms with Crippen molar-refractivity contribution in [2.45, 2.75) is 39.2 Å². The number of nitrogens with one attached hydrogen (secondary N) is 1. The molecule has 1 aliphatic rings. The molecule has 0 aromatic carbocycles. The van der Waals surface area contributed by atoms with Crippen LogP contribution in [0.2, 0.25) is 0 Å². The number of sulfone groups is 1. The lowest BCUT2D eigenvalue weighted by Gasteiger charge is -2.23. The molecule has 1 fully saturated rings. The number of rotatable bonds is 4. The summed E-state index contributed by atoms with van der Waals surface area (Å²) >= 11 is 0. The van der Waals surface area contributed by atoms with E-state index >= 15 is 0 Å². The van der Waals surface area contributed by atoms with Crippen molar-refractivity contribution in [2.75, 3.05) is 18.1 Å². The molecule has 3 nitrogen and oxygen atoms in total. The molecule has 0 saturated carbocycles. The van der Waals surface area contributed by atoms with E-state index in [4.69, 9.17) is 0 Å². The molecular formula is C10H21NO2S. The second kappa shape index (κ2) is 5.12. The fourth-order valence-electron chi connectivity index (χ4n) is 1.95. The van der Waals surface area contributed by atoms with Crippen molar-refractivity contribution in [1.82, 2.24) is 5.32 Å². The zero-order valence-electron chi connectivity index (χ0n) is 9.12. The normalized spacial score (nSPS) is 24.1. The van der Waals surface area contributed by atoms with Crippen LogP contribution in [-0.2, 0) is 9.84 Å². The molecule has 0 aliphatic carbocycles. The van der Waals surface area contributed by atoms with E-state index in [9.17, 15) is 8.42 Å². The standard InChI is InChI=1S/C10H21NO2S/c1-9(2)7-14(12,13)8-10-5-3-4-6-11-10/h9-11H,3-8H2,1-2H3/t10-/m0/s1. The highest BCUT2D eigenvalue weighted by Gasteiger charge is 2.21. The minimum absolute atomic E-state index is 0.201. The van der Waals surface area contributed by atoms with E-state index in [0.29, 0.717) is 11.5 Å². The maximum atomic E-state index is 11.7. The van der Waals surface area contributed by atoms with Crippen LogP contribution in [0.4, 0.5) is 0 Å². The zero-order chi connectivity index (χ0) is 10.6. The minimum Gasteiger partial charge on any atom is -0.313 e. The molecule has 0 amide bonds. The molecule has 1 rings (SSSR count). The molecule has 0 bridgehead atoms. The Kier molecular flexibility index (Phi) is 4.38. The first kappa shape index (κ1) is 12.0. The maximum absolute atomic E-state index is 11.7. The summed E-state index contributed by atoms with van der Waals surface area (Å²) < 4.78 is 23.3. The van der Waals surface area contributed by atoms with Crippen LogP contribution in [0, 0.1) is 5.92 Å². The van der Waals surface area contributed by atoms with Gasteiger partial charge in [-0.2, -0.15) is 0 Å². The lowest BCUT2D eigenvalue weighted by atomic mass is 10.1. The Morgan fingerprint density at radius 1 is 1.36 bits per heavy atom. The molecule has 84 valence electrons. The summed E-state index contributed by atoms with van der Waals surface area (Å²) in [6.45, 7) is 4.87. The molecule has 1 atom stereocenters. The Hall–Kier alpha value is -0.0900. The largest absolute Gasteiger partial charge is 0.313 e. The van der Waals surface area contributed by atoms with Crippen molar-refractivity contribution in [1.29, 1.82) is 0 Å². The van der Waals surface area contributed by atoms with Crippen LogP contribution in [0.1, 0.15) is 33.1 Å². The topological polar surface area (TPSA) is 46.2 Å². The first-order valence-corrected chi connectivity index (χ1v) is 7.25. The van der Waals surface area contributed by atoms with Gasteiger partial charge >= 0.3 is 0 Å². The molecule has 1 saturated heterocycles. The van der Waals surface area contributed by atoms with Gasteiger partial charge in [-0.15, -0.1) is 0 Å². The molecule has 0 unspecified atom stereocenters. The molecule has 1 aliphatic heterocycles. The van der Waals surface area contributed by atoms with E-state index in [2.05, 4.69) is 5.32 Å². The van der Waals surface area contributed by atoms with Crippen LogP contribution < -0.4 is 5.32 Å². The van der Waals surface area contributed by atoms with Gasteiger partial charge in [0, 0.05) is 6.04 Å². The van der Waals surface area contributed by atoms with Crippen molar-refractivity contribution >= 4 is 9.84 Å². The summed E-state index contributed by atoms with van der Waals surface area (Å²) in [7, 11) is -2.84. The number of piperidine rings is 1. The summed E-state index contributed by atoms with van der Waals surface area (Å²) in [5.74, 6) is 0.889. The second-order valence-electron chi connectivity index (χ2n) is 4.62. The molecule has 1 heterocycles. The van der Waals surface area contributed by atoms with Crippen LogP contribution in [0.25, 0.3) is 0 Å². The van der Waals surface area contributed by atoms with E-state index in [1.54, 1.807) is 0 Å². The lowest BCUT2D eigenvalue weighted by molar-refractivity contribution is 0.423. The van der Waals surface area contributed by atoms with E-state index in [1.807, 2.05) is 13.8 Å². The van der Waals surface area contributed by atoms with Crippen molar-refractivity contribution in [3.8, 4) is 0 Å². The quantitative estimate of drug-likeness (QED) is 0.773. The van der Waals surface area contributed by atoms with Crippen LogP contribution in [-0.4, -0.2) is 32.5 Å². The smallest absolute Gasteiger partial charge is 0.152 e. The molecule has 0 aromatic heterocycles. The maximum Gasteiger partial charge on any atom is 0.152 e.